The van der Waals surface area contributed by atoms with Crippen molar-refractivity contribution in [3.05, 3.63) is 11.6 Å². The minimum absolute atomic E-state index is 0.000258. The van der Waals surface area contributed by atoms with Gasteiger partial charge in [-0.1, -0.05) is 46.3 Å². The van der Waals surface area contributed by atoms with E-state index in [1.54, 1.807) is 0 Å². The summed E-state index contributed by atoms with van der Waals surface area (Å²) in [6.07, 6.45) is -9.52. The van der Waals surface area contributed by atoms with Crippen LogP contribution in [-0.2, 0) is 18.9 Å². The van der Waals surface area contributed by atoms with Gasteiger partial charge in [0, 0.05) is 0 Å². The Kier molecular flexibility index (Phi) is 12.7. The van der Waals surface area contributed by atoms with E-state index in [0.717, 1.165) is 12.0 Å². The van der Waals surface area contributed by atoms with Crippen molar-refractivity contribution in [2.75, 3.05) is 13.2 Å². The van der Waals surface area contributed by atoms with Crippen molar-refractivity contribution in [1.29, 1.82) is 0 Å². The summed E-state index contributed by atoms with van der Waals surface area (Å²) in [5, 5.41) is 109. The highest BCUT2D eigenvalue weighted by Gasteiger charge is 2.74. The molecule has 14 nitrogen and oxygen atoms in total. The number of hydrogen-bond acceptors (Lipinski definition) is 14. The Morgan fingerprint density at radius 3 is 1.89 bits per heavy atom. The molecular formula is C42H72O14. The SMILES string of the molecule is CC(C)=CCC[C@](C)(O[C@H]1O[C@@H](CO)[C@H](O)[C@@H](O)[C@@H]1O)[C@@H]1CC[C@]2(C)[C@@H]1[C@H](O)C[C@@H]1[C@]3(C)CC[C@H](O)C(C)(C)[C@@H]3[C@H](O[C@@H]3O[C@H](CO)[C@H](O)[C@@H](O)[C@@H]3O)C[C@@]12C. The van der Waals surface area contributed by atoms with Crippen LogP contribution in [0.1, 0.15) is 107 Å². The van der Waals surface area contributed by atoms with Crippen LogP contribution in [0, 0.1) is 45.3 Å². The second-order valence-electron chi connectivity index (χ2n) is 20.2. The highest BCUT2D eigenvalue weighted by Crippen LogP contribution is 2.76. The fourth-order valence-electron chi connectivity index (χ4n) is 13.5. The fraction of sp³-hybridized carbons (Fsp3) is 0.952. The summed E-state index contributed by atoms with van der Waals surface area (Å²) >= 11 is 0. The van der Waals surface area contributed by atoms with Crippen LogP contribution in [0.15, 0.2) is 11.6 Å². The third kappa shape index (κ3) is 7.06. The third-order valence-electron chi connectivity index (χ3n) is 16.6. The normalized spacial score (nSPS) is 52.6. The smallest absolute Gasteiger partial charge is 0.187 e. The van der Waals surface area contributed by atoms with Crippen LogP contribution in [0.2, 0.25) is 0 Å². The van der Waals surface area contributed by atoms with Crippen LogP contribution in [0.25, 0.3) is 0 Å². The van der Waals surface area contributed by atoms with Gasteiger partial charge in [0.2, 0.25) is 0 Å². The van der Waals surface area contributed by atoms with Gasteiger partial charge in [-0.25, -0.2) is 0 Å². The van der Waals surface area contributed by atoms with E-state index in [9.17, 15) is 51.1 Å². The lowest BCUT2D eigenvalue weighted by Crippen LogP contribution is -2.71. The Bertz CT molecular complexity index is 1400. The van der Waals surface area contributed by atoms with E-state index < -0.39 is 120 Å². The topological polar surface area (TPSA) is 239 Å². The molecule has 0 radical (unpaired) electrons. The molecule has 0 bridgehead atoms. The van der Waals surface area contributed by atoms with Gasteiger partial charge >= 0.3 is 0 Å². The summed E-state index contributed by atoms with van der Waals surface area (Å²) < 4.78 is 25.4. The van der Waals surface area contributed by atoms with Gasteiger partial charge in [0.05, 0.1) is 37.1 Å². The molecule has 4 aliphatic carbocycles. The van der Waals surface area contributed by atoms with Crippen molar-refractivity contribution >= 4 is 0 Å². The summed E-state index contributed by atoms with van der Waals surface area (Å²) in [6, 6.07) is 0. The Balaban J connectivity index is 1.39. The van der Waals surface area contributed by atoms with Crippen molar-refractivity contribution in [3.63, 3.8) is 0 Å². The first-order valence-electron chi connectivity index (χ1n) is 21.0. The predicted molar refractivity (Wildman–Crippen MR) is 202 cm³/mol. The number of ether oxygens (including phenoxy) is 4. The van der Waals surface area contributed by atoms with Gasteiger partial charge in [-0.3, -0.25) is 0 Å². The Morgan fingerprint density at radius 1 is 0.750 bits per heavy atom. The zero-order valence-electron chi connectivity index (χ0n) is 34.6. The monoisotopic (exact) mass is 800 g/mol. The summed E-state index contributed by atoms with van der Waals surface area (Å²) in [6.45, 7) is 15.7. The zero-order valence-corrected chi connectivity index (χ0v) is 34.6. The molecule has 6 aliphatic rings. The zero-order chi connectivity index (χ0) is 41.5. The summed E-state index contributed by atoms with van der Waals surface area (Å²) in [7, 11) is 0. The molecule has 6 rings (SSSR count). The molecule has 0 aromatic rings. The van der Waals surface area contributed by atoms with E-state index in [1.807, 2.05) is 34.6 Å². The van der Waals surface area contributed by atoms with Crippen LogP contribution in [0.5, 0.6) is 0 Å². The number of fused-ring (bicyclic) bond motifs is 5. The van der Waals surface area contributed by atoms with Gasteiger partial charge in [-0.2, -0.15) is 0 Å². The summed E-state index contributed by atoms with van der Waals surface area (Å²) in [5.41, 5.74) is -1.92. The lowest BCUT2D eigenvalue weighted by atomic mass is 9.34. The molecule has 0 unspecified atom stereocenters. The lowest BCUT2D eigenvalue weighted by molar-refractivity contribution is -0.349. The van der Waals surface area contributed by atoms with Gasteiger partial charge in [0.15, 0.2) is 12.6 Å². The van der Waals surface area contributed by atoms with E-state index in [-0.39, 0.29) is 23.7 Å². The molecule has 2 saturated heterocycles. The molecule has 2 heterocycles. The number of aliphatic hydroxyl groups is 10. The average Bonchev–Trinajstić information content (AvgIpc) is 3.52. The minimum Gasteiger partial charge on any atom is -0.394 e. The lowest BCUT2D eigenvalue weighted by Gasteiger charge is -2.72. The standard InChI is InChI=1S/C42H72O14/c1-20(2)10-9-13-42(8,56-37-34(52)32(50)30(48)25(19-44)55-37)21-11-15-40(6)28(21)22(45)16-26-39(5)14-12-27(46)38(3,4)35(39)23(17-41(26,40)7)53-36-33(51)31(49)29(47)24(18-43)54-36/h10,21-37,43-52H,9,11-19H2,1-8H3/t21-,22-,23-,24-,25+,26-,27+,28+,29+,30+,31-,32-,33+,34+,35+,36-,37-,39+,40-,41+,42+/m1/s1. The van der Waals surface area contributed by atoms with Gasteiger partial charge < -0.3 is 70.0 Å². The first kappa shape index (κ1) is 44.7. The number of hydrogen-bond donors (Lipinski definition) is 10. The molecule has 324 valence electrons. The second-order valence-corrected chi connectivity index (χ2v) is 20.2. The van der Waals surface area contributed by atoms with Crippen molar-refractivity contribution in [1.82, 2.24) is 0 Å². The van der Waals surface area contributed by atoms with Crippen molar-refractivity contribution in [2.24, 2.45) is 45.3 Å². The van der Waals surface area contributed by atoms with Crippen molar-refractivity contribution in [2.45, 2.75) is 192 Å². The molecule has 4 saturated carbocycles. The van der Waals surface area contributed by atoms with Crippen LogP contribution in [-0.4, -0.2) is 150 Å². The quantitative estimate of drug-likeness (QED) is 0.110. The number of aliphatic hydroxyl groups excluding tert-OH is 10. The van der Waals surface area contributed by atoms with E-state index in [4.69, 9.17) is 18.9 Å². The average molecular weight is 801 g/mol. The van der Waals surface area contributed by atoms with Crippen LogP contribution < -0.4 is 0 Å². The summed E-state index contributed by atoms with van der Waals surface area (Å²) in [4.78, 5) is 0. The molecule has 0 aromatic heterocycles. The largest absolute Gasteiger partial charge is 0.394 e. The summed E-state index contributed by atoms with van der Waals surface area (Å²) in [5.74, 6) is -0.781. The highest BCUT2D eigenvalue weighted by atomic mass is 16.7. The molecule has 21 atom stereocenters. The Labute approximate surface area is 331 Å². The second kappa shape index (κ2) is 15.9. The predicted octanol–water partition coefficient (Wildman–Crippen LogP) is 1.12. The van der Waals surface area contributed by atoms with E-state index in [1.165, 1.54) is 0 Å². The van der Waals surface area contributed by atoms with Gasteiger partial charge in [-0.05, 0) is 117 Å². The van der Waals surface area contributed by atoms with Crippen molar-refractivity contribution < 1.29 is 70.0 Å². The maximum Gasteiger partial charge on any atom is 0.187 e. The van der Waals surface area contributed by atoms with Crippen LogP contribution in [0.4, 0.5) is 0 Å². The van der Waals surface area contributed by atoms with Crippen LogP contribution in [0.3, 0.4) is 0 Å². The molecule has 6 fully saturated rings. The number of rotatable bonds is 10. The Morgan fingerprint density at radius 2 is 1.32 bits per heavy atom. The Hall–Kier alpha value is -0.820. The molecule has 2 aliphatic heterocycles. The minimum atomic E-state index is -1.61. The van der Waals surface area contributed by atoms with E-state index >= 15 is 0 Å². The van der Waals surface area contributed by atoms with Crippen LogP contribution >= 0.6 is 0 Å². The maximum absolute atomic E-state index is 12.6. The number of allylic oxidation sites excluding steroid dienone is 2. The van der Waals surface area contributed by atoms with Gasteiger partial charge in [-0.15, -0.1) is 0 Å². The van der Waals surface area contributed by atoms with Crippen molar-refractivity contribution in [3.8, 4) is 0 Å². The molecule has 10 N–H and O–H groups in total. The van der Waals surface area contributed by atoms with E-state index in [2.05, 4.69) is 26.8 Å². The molecular weight excluding hydrogens is 728 g/mol. The highest BCUT2D eigenvalue weighted by molar-refractivity contribution is 5.22. The van der Waals surface area contributed by atoms with Gasteiger partial charge in [0.25, 0.3) is 0 Å². The van der Waals surface area contributed by atoms with Gasteiger partial charge in [0.1, 0.15) is 48.8 Å². The molecule has 0 aromatic carbocycles. The molecule has 56 heavy (non-hydrogen) atoms. The first-order valence-corrected chi connectivity index (χ1v) is 21.0. The maximum atomic E-state index is 12.6. The molecule has 0 amide bonds. The molecule has 0 spiro atoms. The molecule has 14 heteroatoms. The fourth-order valence-corrected chi connectivity index (χ4v) is 13.5. The first-order chi connectivity index (χ1) is 26.0. The third-order valence-corrected chi connectivity index (χ3v) is 16.6. The van der Waals surface area contributed by atoms with E-state index in [0.29, 0.717) is 44.9 Å².